The molecule has 0 spiro atoms. The van der Waals surface area contributed by atoms with E-state index < -0.39 is 5.97 Å². The molecule has 4 rings (SSSR count). The Bertz CT molecular complexity index is 1360. The minimum absolute atomic E-state index is 0.117. The van der Waals surface area contributed by atoms with Crippen LogP contribution in [0.1, 0.15) is 45.0 Å². The molecule has 0 unspecified atom stereocenters. The summed E-state index contributed by atoms with van der Waals surface area (Å²) in [6.07, 6.45) is 0.832. The molecule has 164 valence electrons. The second-order valence-electron chi connectivity index (χ2n) is 7.89. The van der Waals surface area contributed by atoms with Gasteiger partial charge in [0.05, 0.1) is 18.1 Å². The molecule has 0 saturated carbocycles. The minimum Gasteiger partial charge on any atom is -0.465 e. The molecule has 3 heterocycles. The Hall–Kier alpha value is -3.81. The molecule has 1 N–H and O–H groups in total. The summed E-state index contributed by atoms with van der Waals surface area (Å²) >= 11 is 0. The van der Waals surface area contributed by atoms with Crippen molar-refractivity contribution in [2.24, 2.45) is 0 Å². The first kappa shape index (κ1) is 21.4. The quantitative estimate of drug-likeness (QED) is 0.482. The first-order valence-electron chi connectivity index (χ1n) is 10.4. The third kappa shape index (κ3) is 3.91. The Morgan fingerprint density at radius 2 is 1.78 bits per heavy atom. The second-order valence-corrected chi connectivity index (χ2v) is 7.89. The number of hydrogen-bond donors (Lipinski definition) is 1. The van der Waals surface area contributed by atoms with Crippen LogP contribution in [-0.2, 0) is 16.0 Å². The van der Waals surface area contributed by atoms with Gasteiger partial charge in [0.2, 0.25) is 5.91 Å². The Balaban J connectivity index is 1.54. The van der Waals surface area contributed by atoms with E-state index in [0.29, 0.717) is 29.7 Å². The van der Waals surface area contributed by atoms with Crippen LogP contribution >= 0.6 is 0 Å². The molecule has 4 aromatic rings. The maximum Gasteiger partial charge on any atom is 0.337 e. The number of pyridine rings is 1. The summed E-state index contributed by atoms with van der Waals surface area (Å²) in [5, 5.41) is 8.49. The highest BCUT2D eigenvalue weighted by Crippen LogP contribution is 2.25. The molecule has 32 heavy (non-hydrogen) atoms. The Morgan fingerprint density at radius 1 is 1.06 bits per heavy atom. The average molecular weight is 431 g/mol. The van der Waals surface area contributed by atoms with Crippen LogP contribution in [0.2, 0.25) is 0 Å². The lowest BCUT2D eigenvalue weighted by molar-refractivity contribution is -0.116. The summed E-state index contributed by atoms with van der Waals surface area (Å²) in [5.74, 6) is -0.531. The van der Waals surface area contributed by atoms with Crippen molar-refractivity contribution in [3.8, 4) is 0 Å². The smallest absolute Gasteiger partial charge is 0.337 e. The molecule has 0 bridgehead atoms. The summed E-state index contributed by atoms with van der Waals surface area (Å²) in [7, 11) is 1.33. The zero-order valence-electron chi connectivity index (χ0n) is 18.8. The number of benzene rings is 1. The van der Waals surface area contributed by atoms with Gasteiger partial charge in [0.1, 0.15) is 0 Å². The van der Waals surface area contributed by atoms with E-state index in [4.69, 9.17) is 4.98 Å². The maximum atomic E-state index is 12.5. The maximum absolute atomic E-state index is 12.5. The number of anilines is 1. The molecule has 3 aromatic heterocycles. The van der Waals surface area contributed by atoms with E-state index in [9.17, 15) is 9.59 Å². The number of ether oxygens (including phenoxy) is 1. The number of nitrogens with zero attached hydrogens (tertiary/aromatic N) is 4. The lowest BCUT2D eigenvalue weighted by Crippen LogP contribution is -2.14. The molecule has 0 aliphatic heterocycles. The number of esters is 1. The molecule has 1 aromatic carbocycles. The van der Waals surface area contributed by atoms with Crippen molar-refractivity contribution >= 4 is 34.2 Å². The van der Waals surface area contributed by atoms with E-state index >= 15 is 0 Å². The highest BCUT2D eigenvalue weighted by molar-refractivity contribution is 5.94. The van der Waals surface area contributed by atoms with Gasteiger partial charge in [-0.1, -0.05) is 0 Å². The predicted molar refractivity (Wildman–Crippen MR) is 122 cm³/mol. The monoisotopic (exact) mass is 431 g/mol. The van der Waals surface area contributed by atoms with Crippen molar-refractivity contribution in [3.63, 3.8) is 0 Å². The highest BCUT2D eigenvalue weighted by Gasteiger charge is 2.17. The van der Waals surface area contributed by atoms with Gasteiger partial charge in [-0.3, -0.25) is 4.79 Å². The van der Waals surface area contributed by atoms with Gasteiger partial charge in [-0.25, -0.2) is 19.3 Å². The first-order valence-corrected chi connectivity index (χ1v) is 10.4. The fourth-order valence-electron chi connectivity index (χ4n) is 4.00. The molecule has 1 amide bonds. The van der Waals surface area contributed by atoms with E-state index in [-0.39, 0.29) is 5.91 Å². The third-order valence-electron chi connectivity index (χ3n) is 5.60. The van der Waals surface area contributed by atoms with Crippen molar-refractivity contribution in [2.75, 3.05) is 12.4 Å². The van der Waals surface area contributed by atoms with Crippen LogP contribution in [0.4, 0.5) is 5.69 Å². The Labute approximate surface area is 185 Å². The number of methoxy groups -OCH3 is 1. The molecular formula is C24H25N5O3. The number of hydrogen-bond acceptors (Lipinski definition) is 6. The molecule has 8 heteroatoms. The van der Waals surface area contributed by atoms with E-state index in [0.717, 1.165) is 39.2 Å². The summed E-state index contributed by atoms with van der Waals surface area (Å²) in [6.45, 7) is 7.95. The number of aryl methyl sites for hydroxylation is 4. The van der Waals surface area contributed by atoms with Crippen LogP contribution in [0.5, 0.6) is 0 Å². The van der Waals surface area contributed by atoms with E-state index in [2.05, 4.69) is 20.1 Å². The summed E-state index contributed by atoms with van der Waals surface area (Å²) in [6, 6.07) is 8.63. The van der Waals surface area contributed by atoms with Gasteiger partial charge in [-0.2, -0.15) is 0 Å². The topological polar surface area (TPSA) is 98.5 Å². The van der Waals surface area contributed by atoms with Crippen LogP contribution in [0.15, 0.2) is 30.3 Å². The highest BCUT2D eigenvalue weighted by atomic mass is 16.5. The van der Waals surface area contributed by atoms with Gasteiger partial charge in [-0.05, 0) is 75.6 Å². The average Bonchev–Trinajstić information content (AvgIpc) is 3.12. The SMILES string of the molecule is COC(=O)c1ccc(NC(=O)CCc2c(C)nc3c4c(C)cc(C)nc4nn3c2C)cc1. The van der Waals surface area contributed by atoms with Gasteiger partial charge in [0.15, 0.2) is 11.3 Å². The number of carbonyl (C=O) groups excluding carboxylic acids is 2. The van der Waals surface area contributed by atoms with Gasteiger partial charge in [0.25, 0.3) is 0 Å². The summed E-state index contributed by atoms with van der Waals surface area (Å²) in [4.78, 5) is 33.4. The van der Waals surface area contributed by atoms with Crippen LogP contribution in [0.3, 0.4) is 0 Å². The largest absolute Gasteiger partial charge is 0.465 e. The Kier molecular flexibility index (Phi) is 5.61. The van der Waals surface area contributed by atoms with Crippen molar-refractivity contribution in [1.29, 1.82) is 0 Å². The van der Waals surface area contributed by atoms with Gasteiger partial charge in [-0.15, -0.1) is 5.10 Å². The normalized spacial score (nSPS) is 11.2. The zero-order chi connectivity index (χ0) is 23.0. The lowest BCUT2D eigenvalue weighted by Gasteiger charge is -2.11. The molecule has 0 aliphatic rings. The molecule has 0 aliphatic carbocycles. The van der Waals surface area contributed by atoms with Gasteiger partial charge >= 0.3 is 5.97 Å². The molecule has 0 radical (unpaired) electrons. The lowest BCUT2D eigenvalue weighted by atomic mass is 10.1. The number of rotatable bonds is 5. The molecule has 0 atom stereocenters. The standard InChI is InChI=1S/C24H25N5O3/c1-13-12-14(2)25-22-21(13)23-26-15(3)19(16(4)29(23)28-22)10-11-20(30)27-18-8-6-17(7-9-18)24(31)32-5/h6-9,12H,10-11H2,1-5H3,(H,27,30). The van der Waals surface area contributed by atoms with E-state index in [1.807, 2.05) is 38.3 Å². The van der Waals surface area contributed by atoms with Crippen LogP contribution < -0.4 is 5.32 Å². The van der Waals surface area contributed by atoms with Crippen molar-refractivity contribution in [1.82, 2.24) is 19.6 Å². The number of carbonyl (C=O) groups is 2. The van der Waals surface area contributed by atoms with Crippen molar-refractivity contribution in [3.05, 3.63) is 64.1 Å². The van der Waals surface area contributed by atoms with Crippen LogP contribution in [0, 0.1) is 27.7 Å². The number of nitrogens with one attached hydrogen (secondary N) is 1. The molecular weight excluding hydrogens is 406 g/mol. The molecule has 8 nitrogen and oxygen atoms in total. The fraction of sp³-hybridized carbons (Fsp3) is 0.292. The summed E-state index contributed by atoms with van der Waals surface area (Å²) in [5.41, 5.74) is 7.38. The number of fused-ring (bicyclic) bond motifs is 3. The van der Waals surface area contributed by atoms with E-state index in [1.54, 1.807) is 24.3 Å². The Morgan fingerprint density at radius 3 is 2.47 bits per heavy atom. The van der Waals surface area contributed by atoms with Gasteiger partial charge < -0.3 is 10.1 Å². The first-order chi connectivity index (χ1) is 15.3. The second kappa shape index (κ2) is 8.37. The predicted octanol–water partition coefficient (Wildman–Crippen LogP) is 3.87. The minimum atomic E-state index is -0.413. The number of aromatic nitrogens is 4. The van der Waals surface area contributed by atoms with Crippen molar-refractivity contribution in [2.45, 2.75) is 40.5 Å². The van der Waals surface area contributed by atoms with Crippen LogP contribution in [0.25, 0.3) is 16.7 Å². The molecule has 0 saturated heterocycles. The van der Waals surface area contributed by atoms with Gasteiger partial charge in [0, 0.05) is 29.2 Å². The third-order valence-corrected chi connectivity index (χ3v) is 5.60. The zero-order valence-corrected chi connectivity index (χ0v) is 18.8. The van der Waals surface area contributed by atoms with Crippen LogP contribution in [-0.4, -0.2) is 38.6 Å². The fourth-order valence-corrected chi connectivity index (χ4v) is 4.00. The number of amides is 1. The van der Waals surface area contributed by atoms with Crippen molar-refractivity contribution < 1.29 is 14.3 Å². The molecule has 0 fully saturated rings. The van der Waals surface area contributed by atoms with E-state index in [1.165, 1.54) is 7.11 Å². The summed E-state index contributed by atoms with van der Waals surface area (Å²) < 4.78 is 6.52.